The number of rotatable bonds is 38. The van der Waals surface area contributed by atoms with Gasteiger partial charge in [0.15, 0.2) is 0 Å². The van der Waals surface area contributed by atoms with E-state index < -0.39 is 0 Å². The molecule has 0 radical (unpaired) electrons. The Morgan fingerprint density at radius 3 is 0.806 bits per heavy atom. The summed E-state index contributed by atoms with van der Waals surface area (Å²) in [4.78, 5) is 52.5. The molecule has 0 rings (SSSR count). The maximum Gasteiger partial charge on any atom is 0.330 e. The van der Waals surface area contributed by atoms with Crippen molar-refractivity contribution in [3.63, 3.8) is 0 Å². The molecule has 0 spiro atoms. The van der Waals surface area contributed by atoms with Crippen LogP contribution in [-0.4, -0.2) is 76.6 Å². The Labute approximate surface area is 411 Å². The zero-order chi connectivity index (χ0) is 51.9. The van der Waals surface area contributed by atoms with Crippen molar-refractivity contribution in [3.05, 3.63) is 75.4 Å². The quantitative estimate of drug-likeness (QED) is 0.0192. The second kappa shape index (κ2) is 70.8. The SMILES string of the molecule is C=C(C)CCCCCCOC.C=CC(=O)OCCCC.C=CC(=O)OCCCCC.C=CC(=O)OCCCCCC.C=CC(=O)OCCCCCCC.C=CC(=O)OCCCCCCCCC. The molecule has 67 heavy (non-hydrogen) atoms. The van der Waals surface area contributed by atoms with E-state index in [1.165, 1.54) is 132 Å². The molecule has 0 aliphatic rings. The summed E-state index contributed by atoms with van der Waals surface area (Å²) in [5, 5.41) is 0. The van der Waals surface area contributed by atoms with Crippen LogP contribution in [0.4, 0.5) is 0 Å². The maximum atomic E-state index is 10.6. The molecule has 0 fully saturated rings. The highest BCUT2D eigenvalue weighted by Crippen LogP contribution is 2.08. The second-order valence-electron chi connectivity index (χ2n) is 15.6. The summed E-state index contributed by atoms with van der Waals surface area (Å²) < 4.78 is 28.8. The molecular weight excluding hydrogens is 849 g/mol. The van der Waals surface area contributed by atoms with E-state index in [9.17, 15) is 24.0 Å². The number of ether oxygens (including phenoxy) is 6. The monoisotopic (exact) mass is 951 g/mol. The average Bonchev–Trinajstić information content (AvgIpc) is 3.33. The van der Waals surface area contributed by atoms with E-state index in [0.717, 1.165) is 77.2 Å². The molecule has 0 amide bonds. The minimum absolute atomic E-state index is 0.309. The van der Waals surface area contributed by atoms with Crippen LogP contribution in [0.25, 0.3) is 0 Å². The maximum absolute atomic E-state index is 10.6. The van der Waals surface area contributed by atoms with Crippen LogP contribution in [0, 0.1) is 0 Å². The van der Waals surface area contributed by atoms with Crippen molar-refractivity contribution in [3.8, 4) is 0 Å². The number of hydrogen-bond acceptors (Lipinski definition) is 11. The van der Waals surface area contributed by atoms with Gasteiger partial charge in [0.25, 0.3) is 0 Å². The third-order valence-corrected chi connectivity index (χ3v) is 9.00. The molecular formula is C56H102O11. The van der Waals surface area contributed by atoms with Gasteiger partial charge in [-0.15, -0.1) is 6.58 Å². The van der Waals surface area contributed by atoms with Crippen LogP contribution in [-0.2, 0) is 52.4 Å². The highest BCUT2D eigenvalue weighted by atomic mass is 16.5. The predicted octanol–water partition coefficient (Wildman–Crippen LogP) is 15.0. The molecule has 0 N–H and O–H groups in total. The van der Waals surface area contributed by atoms with Crippen LogP contribution in [0.3, 0.4) is 0 Å². The number of carbonyl (C=O) groups is 5. The van der Waals surface area contributed by atoms with Gasteiger partial charge in [0.1, 0.15) is 0 Å². The molecule has 0 aromatic carbocycles. The highest BCUT2D eigenvalue weighted by Gasteiger charge is 1.97. The first-order chi connectivity index (χ1) is 32.3. The molecule has 0 aliphatic carbocycles. The van der Waals surface area contributed by atoms with Crippen LogP contribution in [0.1, 0.15) is 208 Å². The van der Waals surface area contributed by atoms with E-state index in [4.69, 9.17) is 23.7 Å². The molecule has 0 aromatic heterocycles. The smallest absolute Gasteiger partial charge is 0.330 e. The average molecular weight is 951 g/mol. The van der Waals surface area contributed by atoms with Crippen LogP contribution in [0.5, 0.6) is 0 Å². The molecule has 0 bridgehead atoms. The molecule has 0 saturated carbocycles. The summed E-state index contributed by atoms with van der Waals surface area (Å²) in [5.74, 6) is -1.59. The van der Waals surface area contributed by atoms with Crippen molar-refractivity contribution in [1.29, 1.82) is 0 Å². The van der Waals surface area contributed by atoms with E-state index in [1.807, 2.05) is 6.92 Å². The molecule has 0 unspecified atom stereocenters. The number of unbranched alkanes of at least 4 members (excludes halogenated alkanes) is 19. The van der Waals surface area contributed by atoms with Crippen molar-refractivity contribution < 1.29 is 52.4 Å². The summed E-state index contributed by atoms with van der Waals surface area (Å²) in [6, 6.07) is 0. The van der Waals surface area contributed by atoms with E-state index in [-0.39, 0.29) is 29.8 Å². The fourth-order valence-electron chi connectivity index (χ4n) is 4.98. The lowest BCUT2D eigenvalue weighted by Gasteiger charge is -2.01. The first kappa shape index (κ1) is 74.3. The van der Waals surface area contributed by atoms with Gasteiger partial charge in [0.05, 0.1) is 33.0 Å². The number of carbonyl (C=O) groups excluding carboxylic acids is 5. The molecule has 0 aromatic rings. The Bertz CT molecular complexity index is 1160. The predicted molar refractivity (Wildman–Crippen MR) is 281 cm³/mol. The van der Waals surface area contributed by atoms with Crippen molar-refractivity contribution in [2.75, 3.05) is 46.8 Å². The van der Waals surface area contributed by atoms with Gasteiger partial charge in [-0.25, -0.2) is 24.0 Å². The zero-order valence-corrected chi connectivity index (χ0v) is 44.2. The van der Waals surface area contributed by atoms with Crippen molar-refractivity contribution in [2.24, 2.45) is 0 Å². The minimum atomic E-state index is -0.330. The standard InChI is InChI=1S/C12H22O2.C10H18O2.C10H20O.C9H16O2.C8H14O2.C7H12O2/c1-3-5-6-7-8-9-10-11-14-12(13)4-2;1-3-5-6-7-8-9-12-10(11)4-2;1-10(2)8-6-4-5-7-9-11-3;1-3-5-6-7-8-11-9(10)4-2;1-3-5-6-7-10-8(9)4-2;1-3-5-6-9-7(8)4-2/h4H,2-3,5-11H2,1H3;4H,2-3,5-9H2,1H3;1,4-9H2,2-3H3;4H,2-3,5-8H2,1H3;4H,2-3,5-7H2,1H3;4H,2-3,5-6H2,1H3. The second-order valence-corrected chi connectivity index (χ2v) is 15.6. The van der Waals surface area contributed by atoms with Gasteiger partial charge in [-0.1, -0.05) is 189 Å². The minimum Gasteiger partial charge on any atom is -0.463 e. The van der Waals surface area contributed by atoms with Crippen LogP contribution < -0.4 is 0 Å². The first-order valence-electron chi connectivity index (χ1n) is 25.4. The normalized spacial score (nSPS) is 9.36. The van der Waals surface area contributed by atoms with Crippen LogP contribution in [0.2, 0.25) is 0 Å². The van der Waals surface area contributed by atoms with E-state index in [0.29, 0.717) is 33.0 Å². The number of allylic oxidation sites excluding steroid dienone is 1. The van der Waals surface area contributed by atoms with E-state index >= 15 is 0 Å². The summed E-state index contributed by atoms with van der Waals surface area (Å²) in [7, 11) is 1.76. The van der Waals surface area contributed by atoms with Crippen LogP contribution in [0.15, 0.2) is 75.4 Å². The number of esters is 5. The third-order valence-electron chi connectivity index (χ3n) is 9.00. The van der Waals surface area contributed by atoms with Gasteiger partial charge in [-0.2, -0.15) is 0 Å². The lowest BCUT2D eigenvalue weighted by molar-refractivity contribution is -0.138. The van der Waals surface area contributed by atoms with Gasteiger partial charge < -0.3 is 28.4 Å². The summed E-state index contributed by atoms with van der Waals surface area (Å²) in [6.07, 6.45) is 36.5. The first-order valence-corrected chi connectivity index (χ1v) is 25.4. The molecule has 11 heteroatoms. The largest absolute Gasteiger partial charge is 0.463 e. The lowest BCUT2D eigenvalue weighted by Crippen LogP contribution is -2.01. The molecule has 0 aliphatic heterocycles. The molecule has 0 heterocycles. The Morgan fingerprint density at radius 2 is 0.537 bits per heavy atom. The van der Waals surface area contributed by atoms with Gasteiger partial charge in [0, 0.05) is 44.1 Å². The molecule has 392 valence electrons. The summed E-state index contributed by atoms with van der Waals surface area (Å²) >= 11 is 0. The Kier molecular flexibility index (Phi) is 78.5. The molecule has 0 saturated heterocycles. The van der Waals surface area contributed by atoms with Gasteiger partial charge in [0.2, 0.25) is 0 Å². The van der Waals surface area contributed by atoms with Gasteiger partial charge in [-0.3, -0.25) is 0 Å². The van der Waals surface area contributed by atoms with Crippen LogP contribution >= 0.6 is 0 Å². The summed E-state index contributed by atoms with van der Waals surface area (Å²) in [6.45, 7) is 36.7. The molecule has 11 nitrogen and oxygen atoms in total. The number of methoxy groups -OCH3 is 1. The van der Waals surface area contributed by atoms with Crippen molar-refractivity contribution in [1.82, 2.24) is 0 Å². The van der Waals surface area contributed by atoms with Crippen molar-refractivity contribution >= 4 is 29.8 Å². The van der Waals surface area contributed by atoms with Gasteiger partial charge >= 0.3 is 29.8 Å². The fraction of sp³-hybridized carbons (Fsp3) is 0.696. The van der Waals surface area contributed by atoms with E-state index in [2.05, 4.69) is 78.8 Å². The summed E-state index contributed by atoms with van der Waals surface area (Å²) in [5.41, 5.74) is 1.30. The zero-order valence-electron chi connectivity index (χ0n) is 44.2. The molecule has 0 atom stereocenters. The Hall–Kier alpha value is -4.25. The lowest BCUT2D eigenvalue weighted by atomic mass is 10.1. The third kappa shape index (κ3) is 89.1. The van der Waals surface area contributed by atoms with Gasteiger partial charge in [-0.05, 0) is 58.3 Å². The Balaban J connectivity index is -0.000000167. The Morgan fingerprint density at radius 1 is 0.328 bits per heavy atom. The van der Waals surface area contributed by atoms with Crippen molar-refractivity contribution in [2.45, 2.75) is 208 Å². The fourth-order valence-corrected chi connectivity index (χ4v) is 4.98. The number of hydrogen-bond donors (Lipinski definition) is 0. The highest BCUT2D eigenvalue weighted by molar-refractivity contribution is 5.82. The topological polar surface area (TPSA) is 141 Å². The van der Waals surface area contributed by atoms with E-state index in [1.54, 1.807) is 7.11 Å².